The van der Waals surface area contributed by atoms with Crippen LogP contribution in [0.2, 0.25) is 5.02 Å². The van der Waals surface area contributed by atoms with Gasteiger partial charge in [-0.15, -0.1) is 0 Å². The van der Waals surface area contributed by atoms with Crippen LogP contribution < -0.4 is 10.2 Å². The number of hydrogen-bond acceptors (Lipinski definition) is 3. The van der Waals surface area contributed by atoms with Gasteiger partial charge in [-0.2, -0.15) is 13.9 Å². The summed E-state index contributed by atoms with van der Waals surface area (Å²) >= 11 is 6.00. The number of benzene rings is 2. The molecule has 0 amide bonds. The minimum absolute atomic E-state index is 0.0924. The molecule has 0 saturated heterocycles. The molecular weight excluding hydrogens is 298 g/mol. The van der Waals surface area contributed by atoms with Crippen LogP contribution in [-0.4, -0.2) is 12.3 Å². The molecule has 0 spiro atoms. The molecule has 0 fully saturated rings. The van der Waals surface area contributed by atoms with Crippen LogP contribution in [0, 0.1) is 0 Å². The van der Waals surface area contributed by atoms with Gasteiger partial charge in [0.25, 0.3) is 0 Å². The topological polar surface area (TPSA) is 33.6 Å². The van der Waals surface area contributed by atoms with Gasteiger partial charge in [-0.05, 0) is 31.2 Å². The van der Waals surface area contributed by atoms with Crippen LogP contribution in [0.4, 0.5) is 14.5 Å². The second-order valence-corrected chi connectivity index (χ2v) is 4.60. The van der Waals surface area contributed by atoms with Crippen molar-refractivity contribution in [3.05, 3.63) is 59.1 Å². The van der Waals surface area contributed by atoms with Crippen LogP contribution in [0.5, 0.6) is 5.75 Å². The molecule has 6 heteroatoms. The van der Waals surface area contributed by atoms with E-state index in [-0.39, 0.29) is 5.75 Å². The Kier molecular flexibility index (Phi) is 5.11. The highest BCUT2D eigenvalue weighted by atomic mass is 35.5. The number of anilines is 1. The predicted molar refractivity (Wildman–Crippen MR) is 80.4 cm³/mol. The summed E-state index contributed by atoms with van der Waals surface area (Å²) in [6.45, 7) is -1.09. The van der Waals surface area contributed by atoms with E-state index < -0.39 is 6.61 Å². The Bertz CT molecular complexity index is 647. The molecule has 3 nitrogen and oxygen atoms in total. The van der Waals surface area contributed by atoms with Crippen LogP contribution >= 0.6 is 11.6 Å². The van der Waals surface area contributed by atoms with Crippen LogP contribution in [0.3, 0.4) is 0 Å². The smallest absolute Gasteiger partial charge is 0.387 e. The zero-order valence-electron chi connectivity index (χ0n) is 11.2. The van der Waals surface area contributed by atoms with E-state index in [0.717, 1.165) is 0 Å². The molecule has 0 aliphatic rings. The molecule has 0 bridgehead atoms. The second kappa shape index (κ2) is 7.04. The van der Waals surface area contributed by atoms with E-state index in [9.17, 15) is 8.78 Å². The molecule has 0 aliphatic heterocycles. The Balaban J connectivity index is 2.14. The molecule has 0 heterocycles. The summed E-state index contributed by atoms with van der Waals surface area (Å²) in [5.74, 6) is 0.0924. The first-order valence-corrected chi connectivity index (χ1v) is 6.54. The van der Waals surface area contributed by atoms with Crippen molar-refractivity contribution in [3.8, 4) is 5.75 Å². The Morgan fingerprint density at radius 1 is 1.19 bits per heavy atom. The molecular formula is C15H13ClF2N2O. The predicted octanol–water partition coefficient (Wildman–Crippen LogP) is 4.78. The van der Waals surface area contributed by atoms with Gasteiger partial charge < -0.3 is 4.74 Å². The standard InChI is InChI=1S/C15H13ClF2N2O/c1-10(19-20-14-8-3-2-7-13(14)16)11-5-4-6-12(9-11)21-15(17)18/h2-9,15,20H,1H3/b19-10-. The lowest BCUT2D eigenvalue weighted by Gasteiger charge is -2.08. The quantitative estimate of drug-likeness (QED) is 0.637. The minimum Gasteiger partial charge on any atom is -0.435 e. The molecule has 2 aromatic rings. The lowest BCUT2D eigenvalue weighted by atomic mass is 10.1. The molecule has 2 aromatic carbocycles. The normalized spacial score (nSPS) is 11.6. The number of halogens is 3. The van der Waals surface area contributed by atoms with E-state index in [1.807, 2.05) is 12.1 Å². The monoisotopic (exact) mass is 310 g/mol. The van der Waals surface area contributed by atoms with E-state index in [1.165, 1.54) is 12.1 Å². The third-order valence-corrected chi connectivity index (χ3v) is 3.02. The summed E-state index contributed by atoms with van der Waals surface area (Å²) in [5, 5.41) is 4.73. The lowest BCUT2D eigenvalue weighted by molar-refractivity contribution is -0.0498. The maximum absolute atomic E-state index is 12.2. The van der Waals surface area contributed by atoms with Gasteiger partial charge in [0, 0.05) is 5.56 Å². The average molecular weight is 311 g/mol. The minimum atomic E-state index is -2.85. The van der Waals surface area contributed by atoms with Crippen molar-refractivity contribution in [3.63, 3.8) is 0 Å². The van der Waals surface area contributed by atoms with E-state index in [1.54, 1.807) is 31.2 Å². The zero-order chi connectivity index (χ0) is 15.2. The fourth-order valence-corrected chi connectivity index (χ4v) is 1.84. The SMILES string of the molecule is C/C(=N/Nc1ccccc1Cl)c1cccc(OC(F)F)c1. The van der Waals surface area contributed by atoms with Crippen LogP contribution in [0.1, 0.15) is 12.5 Å². The molecule has 0 atom stereocenters. The van der Waals surface area contributed by atoms with Gasteiger partial charge >= 0.3 is 6.61 Å². The highest BCUT2D eigenvalue weighted by Gasteiger charge is 2.06. The number of ether oxygens (including phenoxy) is 1. The van der Waals surface area contributed by atoms with Gasteiger partial charge in [0.05, 0.1) is 16.4 Å². The fraction of sp³-hybridized carbons (Fsp3) is 0.133. The Morgan fingerprint density at radius 2 is 1.95 bits per heavy atom. The van der Waals surface area contributed by atoms with Gasteiger partial charge in [0.1, 0.15) is 5.75 Å². The van der Waals surface area contributed by atoms with Crippen molar-refractivity contribution in [2.75, 3.05) is 5.43 Å². The van der Waals surface area contributed by atoms with Gasteiger partial charge in [0.15, 0.2) is 0 Å². The van der Waals surface area contributed by atoms with Crippen molar-refractivity contribution in [2.45, 2.75) is 13.5 Å². The van der Waals surface area contributed by atoms with Gasteiger partial charge in [-0.1, -0.05) is 35.9 Å². The molecule has 0 aliphatic carbocycles. The molecule has 1 N–H and O–H groups in total. The Morgan fingerprint density at radius 3 is 2.67 bits per heavy atom. The first-order valence-electron chi connectivity index (χ1n) is 6.16. The highest BCUT2D eigenvalue weighted by Crippen LogP contribution is 2.21. The van der Waals surface area contributed by atoms with E-state index >= 15 is 0 Å². The van der Waals surface area contributed by atoms with Gasteiger partial charge in [-0.3, -0.25) is 5.43 Å². The molecule has 110 valence electrons. The Labute approximate surface area is 126 Å². The summed E-state index contributed by atoms with van der Waals surface area (Å²) in [5.41, 5.74) is 4.80. The second-order valence-electron chi connectivity index (χ2n) is 4.20. The lowest BCUT2D eigenvalue weighted by Crippen LogP contribution is -2.04. The number of hydrazone groups is 1. The molecule has 21 heavy (non-hydrogen) atoms. The highest BCUT2D eigenvalue weighted by molar-refractivity contribution is 6.33. The van der Waals surface area contributed by atoms with Crippen LogP contribution in [-0.2, 0) is 0 Å². The number of nitrogens with zero attached hydrogens (tertiary/aromatic N) is 1. The third kappa shape index (κ3) is 4.43. The maximum Gasteiger partial charge on any atom is 0.387 e. The summed E-state index contributed by atoms with van der Waals surface area (Å²) in [7, 11) is 0. The largest absolute Gasteiger partial charge is 0.435 e. The van der Waals surface area contributed by atoms with Crippen molar-refractivity contribution in [1.82, 2.24) is 0 Å². The van der Waals surface area contributed by atoms with Crippen molar-refractivity contribution < 1.29 is 13.5 Å². The molecule has 0 aromatic heterocycles. The first-order chi connectivity index (χ1) is 10.1. The fourth-order valence-electron chi connectivity index (χ4n) is 1.66. The van der Waals surface area contributed by atoms with Crippen molar-refractivity contribution in [2.24, 2.45) is 5.10 Å². The summed E-state index contributed by atoms with van der Waals surface area (Å²) in [6.07, 6.45) is 0. The number of nitrogens with one attached hydrogen (secondary N) is 1. The zero-order valence-corrected chi connectivity index (χ0v) is 11.9. The third-order valence-electron chi connectivity index (χ3n) is 2.69. The van der Waals surface area contributed by atoms with E-state index in [4.69, 9.17) is 11.6 Å². The molecule has 2 rings (SSSR count). The summed E-state index contributed by atoms with van der Waals surface area (Å²) in [4.78, 5) is 0. The summed E-state index contributed by atoms with van der Waals surface area (Å²) < 4.78 is 28.7. The van der Waals surface area contributed by atoms with Gasteiger partial charge in [0.2, 0.25) is 0 Å². The maximum atomic E-state index is 12.2. The number of hydrogen-bond donors (Lipinski definition) is 1. The van der Waals surface area contributed by atoms with E-state index in [2.05, 4.69) is 15.3 Å². The molecule has 0 saturated carbocycles. The number of alkyl halides is 2. The van der Waals surface area contributed by atoms with Gasteiger partial charge in [-0.25, -0.2) is 0 Å². The van der Waals surface area contributed by atoms with Crippen molar-refractivity contribution in [1.29, 1.82) is 0 Å². The first kappa shape index (κ1) is 15.3. The molecule has 0 radical (unpaired) electrons. The van der Waals surface area contributed by atoms with Crippen molar-refractivity contribution >= 4 is 23.0 Å². The number of para-hydroxylation sites is 1. The Hall–Kier alpha value is -2.14. The summed E-state index contributed by atoms with van der Waals surface area (Å²) in [6, 6.07) is 13.5. The van der Waals surface area contributed by atoms with Crippen LogP contribution in [0.15, 0.2) is 53.6 Å². The van der Waals surface area contributed by atoms with Crippen LogP contribution in [0.25, 0.3) is 0 Å². The molecule has 0 unspecified atom stereocenters. The van der Waals surface area contributed by atoms with E-state index in [0.29, 0.717) is 22.0 Å². The average Bonchev–Trinajstić information content (AvgIpc) is 2.45. The number of rotatable bonds is 5.